The zero-order chi connectivity index (χ0) is 14.5. The molecule has 0 radical (unpaired) electrons. The van der Waals surface area contributed by atoms with Gasteiger partial charge in [0, 0.05) is 6.04 Å². The maximum Gasteiger partial charge on any atom is 0.330 e. The van der Waals surface area contributed by atoms with E-state index < -0.39 is 5.54 Å². The van der Waals surface area contributed by atoms with Crippen molar-refractivity contribution in [2.24, 2.45) is 0 Å². The van der Waals surface area contributed by atoms with Gasteiger partial charge in [-0.3, -0.25) is 5.32 Å². The second-order valence-corrected chi connectivity index (χ2v) is 4.80. The molecule has 0 bridgehead atoms. The Balaban J connectivity index is 3.10. The normalized spacial score (nSPS) is 15.4. The molecule has 1 aromatic rings. The van der Waals surface area contributed by atoms with Crippen LogP contribution >= 0.6 is 0 Å². The zero-order valence-corrected chi connectivity index (χ0v) is 12.3. The van der Waals surface area contributed by atoms with Crippen molar-refractivity contribution >= 4 is 5.97 Å². The van der Waals surface area contributed by atoms with Crippen LogP contribution < -0.4 is 10.1 Å². The molecule has 0 amide bonds. The van der Waals surface area contributed by atoms with E-state index in [2.05, 4.69) is 12.2 Å². The molecule has 1 rings (SSSR count). The standard InChI is InChI=1S/C15H23NO3/c1-6-11(2)16-15(3,14(17)19-5)12-7-9-13(18-4)10-8-12/h7-11,16H,6H2,1-5H3. The Hall–Kier alpha value is -1.55. The van der Waals surface area contributed by atoms with E-state index in [0.717, 1.165) is 17.7 Å². The van der Waals surface area contributed by atoms with Crippen LogP contribution in [0.2, 0.25) is 0 Å². The number of benzene rings is 1. The summed E-state index contributed by atoms with van der Waals surface area (Å²) in [5.74, 6) is 0.470. The summed E-state index contributed by atoms with van der Waals surface area (Å²) in [7, 11) is 3.02. The number of carbonyl (C=O) groups is 1. The van der Waals surface area contributed by atoms with E-state index in [1.54, 1.807) is 7.11 Å². The van der Waals surface area contributed by atoms with Crippen LogP contribution in [0.4, 0.5) is 0 Å². The lowest BCUT2D eigenvalue weighted by molar-refractivity contribution is -0.148. The number of hydrogen-bond donors (Lipinski definition) is 1. The molecule has 4 nitrogen and oxygen atoms in total. The summed E-state index contributed by atoms with van der Waals surface area (Å²) in [6, 6.07) is 7.66. The Kier molecular flexibility index (Phi) is 5.36. The van der Waals surface area contributed by atoms with E-state index in [-0.39, 0.29) is 12.0 Å². The Labute approximate surface area is 115 Å². The summed E-state index contributed by atoms with van der Waals surface area (Å²) in [4.78, 5) is 12.1. The lowest BCUT2D eigenvalue weighted by Gasteiger charge is -2.31. The van der Waals surface area contributed by atoms with Crippen LogP contribution in [-0.2, 0) is 15.1 Å². The van der Waals surface area contributed by atoms with Gasteiger partial charge in [-0.2, -0.15) is 0 Å². The van der Waals surface area contributed by atoms with E-state index >= 15 is 0 Å². The van der Waals surface area contributed by atoms with Crippen molar-refractivity contribution < 1.29 is 14.3 Å². The average molecular weight is 265 g/mol. The van der Waals surface area contributed by atoms with Crippen LogP contribution in [0.3, 0.4) is 0 Å². The van der Waals surface area contributed by atoms with Gasteiger partial charge in [0.1, 0.15) is 11.3 Å². The van der Waals surface area contributed by atoms with E-state index in [1.165, 1.54) is 7.11 Å². The minimum Gasteiger partial charge on any atom is -0.497 e. The first kappa shape index (κ1) is 15.5. The molecule has 0 aliphatic carbocycles. The maximum atomic E-state index is 12.1. The molecule has 0 saturated heterocycles. The first-order valence-electron chi connectivity index (χ1n) is 6.48. The molecule has 0 aliphatic rings. The quantitative estimate of drug-likeness (QED) is 0.803. The van der Waals surface area contributed by atoms with Crippen molar-refractivity contribution in [1.29, 1.82) is 0 Å². The highest BCUT2D eigenvalue weighted by Gasteiger charge is 2.37. The Bertz CT molecular complexity index is 416. The number of carbonyl (C=O) groups excluding carboxylic acids is 1. The lowest BCUT2D eigenvalue weighted by Crippen LogP contribution is -2.50. The van der Waals surface area contributed by atoms with Gasteiger partial charge in [0.2, 0.25) is 0 Å². The second kappa shape index (κ2) is 6.57. The van der Waals surface area contributed by atoms with Crippen molar-refractivity contribution in [3.05, 3.63) is 29.8 Å². The molecule has 0 aromatic heterocycles. The molecular formula is C15H23NO3. The molecule has 0 heterocycles. The molecule has 0 saturated carbocycles. The number of methoxy groups -OCH3 is 2. The smallest absolute Gasteiger partial charge is 0.330 e. The van der Waals surface area contributed by atoms with Gasteiger partial charge in [-0.05, 0) is 38.0 Å². The van der Waals surface area contributed by atoms with Crippen LogP contribution in [0.5, 0.6) is 5.75 Å². The Morgan fingerprint density at radius 2 is 1.89 bits per heavy atom. The predicted octanol–water partition coefficient (Wildman–Crippen LogP) is 2.47. The number of esters is 1. The van der Waals surface area contributed by atoms with Gasteiger partial charge in [-0.25, -0.2) is 4.79 Å². The number of hydrogen-bond acceptors (Lipinski definition) is 4. The first-order chi connectivity index (χ1) is 8.97. The summed E-state index contributed by atoms with van der Waals surface area (Å²) in [6.45, 7) is 5.96. The summed E-state index contributed by atoms with van der Waals surface area (Å²) >= 11 is 0. The molecule has 1 N–H and O–H groups in total. The van der Waals surface area contributed by atoms with Crippen LogP contribution in [0.1, 0.15) is 32.8 Å². The summed E-state index contributed by atoms with van der Waals surface area (Å²) < 4.78 is 10.1. The molecular weight excluding hydrogens is 242 g/mol. The highest BCUT2D eigenvalue weighted by Crippen LogP contribution is 2.25. The molecule has 0 fully saturated rings. The predicted molar refractivity (Wildman–Crippen MR) is 75.3 cm³/mol. The fourth-order valence-corrected chi connectivity index (χ4v) is 1.98. The van der Waals surface area contributed by atoms with Crippen molar-refractivity contribution in [2.75, 3.05) is 14.2 Å². The van der Waals surface area contributed by atoms with Gasteiger partial charge in [-0.15, -0.1) is 0 Å². The van der Waals surface area contributed by atoms with Crippen LogP contribution in [0.25, 0.3) is 0 Å². The third-order valence-electron chi connectivity index (χ3n) is 3.41. The van der Waals surface area contributed by atoms with E-state index in [1.807, 2.05) is 38.1 Å². The number of nitrogens with one attached hydrogen (secondary N) is 1. The molecule has 19 heavy (non-hydrogen) atoms. The van der Waals surface area contributed by atoms with Gasteiger partial charge in [0.05, 0.1) is 14.2 Å². The largest absolute Gasteiger partial charge is 0.497 e. The van der Waals surface area contributed by atoms with Gasteiger partial charge in [-0.1, -0.05) is 19.1 Å². The van der Waals surface area contributed by atoms with Crippen molar-refractivity contribution in [1.82, 2.24) is 5.32 Å². The number of ether oxygens (including phenoxy) is 2. The second-order valence-electron chi connectivity index (χ2n) is 4.80. The van der Waals surface area contributed by atoms with Gasteiger partial charge < -0.3 is 9.47 Å². The fourth-order valence-electron chi connectivity index (χ4n) is 1.98. The minimum absolute atomic E-state index is 0.214. The Morgan fingerprint density at radius 3 is 2.32 bits per heavy atom. The topological polar surface area (TPSA) is 47.6 Å². The molecule has 106 valence electrons. The highest BCUT2D eigenvalue weighted by molar-refractivity contribution is 5.82. The van der Waals surface area contributed by atoms with Crippen LogP contribution in [0, 0.1) is 0 Å². The molecule has 4 heteroatoms. The number of rotatable bonds is 6. The molecule has 0 aliphatic heterocycles. The first-order valence-corrected chi connectivity index (χ1v) is 6.48. The minimum atomic E-state index is -0.851. The van der Waals surface area contributed by atoms with Crippen molar-refractivity contribution in [3.63, 3.8) is 0 Å². The van der Waals surface area contributed by atoms with Gasteiger partial charge >= 0.3 is 5.97 Å². The third-order valence-corrected chi connectivity index (χ3v) is 3.41. The third kappa shape index (κ3) is 3.47. The van der Waals surface area contributed by atoms with Crippen molar-refractivity contribution in [3.8, 4) is 5.75 Å². The lowest BCUT2D eigenvalue weighted by atomic mass is 9.90. The van der Waals surface area contributed by atoms with Crippen molar-refractivity contribution in [2.45, 2.75) is 38.8 Å². The monoisotopic (exact) mass is 265 g/mol. The average Bonchev–Trinajstić information content (AvgIpc) is 2.45. The molecule has 2 unspecified atom stereocenters. The van der Waals surface area contributed by atoms with E-state index in [0.29, 0.717) is 0 Å². The summed E-state index contributed by atoms with van der Waals surface area (Å²) in [5, 5.41) is 3.33. The molecule has 1 aromatic carbocycles. The maximum absolute atomic E-state index is 12.1. The van der Waals surface area contributed by atoms with Crippen LogP contribution in [0.15, 0.2) is 24.3 Å². The van der Waals surface area contributed by atoms with Crippen LogP contribution in [-0.4, -0.2) is 26.2 Å². The van der Waals surface area contributed by atoms with E-state index in [9.17, 15) is 4.79 Å². The molecule has 0 spiro atoms. The van der Waals surface area contributed by atoms with Gasteiger partial charge in [0.15, 0.2) is 0 Å². The SMILES string of the molecule is CCC(C)NC(C)(C(=O)OC)c1ccc(OC)cc1. The zero-order valence-electron chi connectivity index (χ0n) is 12.3. The Morgan fingerprint density at radius 1 is 1.32 bits per heavy atom. The fraction of sp³-hybridized carbons (Fsp3) is 0.533. The van der Waals surface area contributed by atoms with Gasteiger partial charge in [0.25, 0.3) is 0 Å². The highest BCUT2D eigenvalue weighted by atomic mass is 16.5. The summed E-state index contributed by atoms with van der Waals surface area (Å²) in [5.41, 5.74) is 0.0108. The summed E-state index contributed by atoms with van der Waals surface area (Å²) in [6.07, 6.45) is 0.933. The molecule has 2 atom stereocenters. The van der Waals surface area contributed by atoms with E-state index in [4.69, 9.17) is 9.47 Å².